The SMILES string of the molecule is CC1CN=C(NN=C(C=Cc2ccc(OC(F)F)cc2)C=Cc2ccc(OC(F)F)cc2)N1. The average Bonchev–Trinajstić information content (AvgIpc) is 3.19. The number of hydrazone groups is 1. The molecule has 0 saturated carbocycles. The lowest BCUT2D eigenvalue weighted by Crippen LogP contribution is -2.35. The van der Waals surface area contributed by atoms with E-state index in [4.69, 9.17) is 0 Å². The molecule has 1 atom stereocenters. The first-order valence-corrected chi connectivity index (χ1v) is 9.98. The van der Waals surface area contributed by atoms with Gasteiger partial charge in [0.05, 0.1) is 12.3 Å². The van der Waals surface area contributed by atoms with E-state index in [9.17, 15) is 17.6 Å². The molecule has 2 N–H and O–H groups in total. The molecule has 0 aromatic heterocycles. The van der Waals surface area contributed by atoms with E-state index in [1.54, 1.807) is 48.6 Å². The third-order valence-electron chi connectivity index (χ3n) is 4.30. The van der Waals surface area contributed by atoms with Gasteiger partial charge in [-0.25, -0.2) is 10.4 Å². The normalized spacial score (nSPS) is 15.7. The number of aliphatic imine (C=N–C) groups is 1. The van der Waals surface area contributed by atoms with E-state index in [2.05, 4.69) is 30.3 Å². The molecule has 10 heteroatoms. The number of hydrogen-bond donors (Lipinski definition) is 2. The summed E-state index contributed by atoms with van der Waals surface area (Å²) in [5.74, 6) is 0.677. The number of guanidine groups is 1. The molecule has 1 aliphatic heterocycles. The van der Waals surface area contributed by atoms with Crippen molar-refractivity contribution in [3.8, 4) is 11.5 Å². The van der Waals surface area contributed by atoms with Gasteiger partial charge in [-0.05, 0) is 54.5 Å². The van der Waals surface area contributed by atoms with Gasteiger partial charge in [0.25, 0.3) is 0 Å². The third-order valence-corrected chi connectivity index (χ3v) is 4.30. The van der Waals surface area contributed by atoms with Crippen LogP contribution in [0.5, 0.6) is 11.5 Å². The van der Waals surface area contributed by atoms with Crippen molar-refractivity contribution in [1.82, 2.24) is 10.7 Å². The van der Waals surface area contributed by atoms with Gasteiger partial charge in [0, 0.05) is 6.04 Å². The van der Waals surface area contributed by atoms with E-state index in [1.807, 2.05) is 6.92 Å². The van der Waals surface area contributed by atoms with Gasteiger partial charge in [0.2, 0.25) is 5.96 Å². The fourth-order valence-corrected chi connectivity index (χ4v) is 2.75. The molecule has 1 heterocycles. The van der Waals surface area contributed by atoms with Crippen molar-refractivity contribution in [2.75, 3.05) is 6.54 Å². The van der Waals surface area contributed by atoms with Crippen LogP contribution in [-0.4, -0.2) is 37.5 Å². The van der Waals surface area contributed by atoms with Gasteiger partial charge in [-0.15, -0.1) is 0 Å². The summed E-state index contributed by atoms with van der Waals surface area (Å²) >= 11 is 0. The summed E-state index contributed by atoms with van der Waals surface area (Å²) in [6.45, 7) is -3.14. The lowest BCUT2D eigenvalue weighted by molar-refractivity contribution is -0.0505. The Morgan fingerprint density at radius 3 is 1.82 bits per heavy atom. The zero-order valence-electron chi connectivity index (χ0n) is 17.6. The summed E-state index contributed by atoms with van der Waals surface area (Å²) in [6, 6.07) is 12.5. The molecule has 0 amide bonds. The number of alkyl halides is 4. The highest BCUT2D eigenvalue weighted by molar-refractivity contribution is 6.09. The second-order valence-electron chi connectivity index (χ2n) is 6.94. The van der Waals surface area contributed by atoms with Gasteiger partial charge in [0.1, 0.15) is 11.5 Å². The summed E-state index contributed by atoms with van der Waals surface area (Å²) in [6.07, 6.45) is 6.95. The number of ether oxygens (including phenoxy) is 2. The topological polar surface area (TPSA) is 67.2 Å². The molecule has 0 radical (unpaired) electrons. The van der Waals surface area contributed by atoms with Crippen LogP contribution in [0.1, 0.15) is 18.1 Å². The van der Waals surface area contributed by atoms with Crippen LogP contribution >= 0.6 is 0 Å². The minimum Gasteiger partial charge on any atom is -0.435 e. The molecular formula is C23H22F4N4O2. The monoisotopic (exact) mass is 462 g/mol. The molecule has 0 bridgehead atoms. The smallest absolute Gasteiger partial charge is 0.387 e. The van der Waals surface area contributed by atoms with E-state index in [0.29, 0.717) is 18.2 Å². The minimum atomic E-state index is -2.88. The molecule has 33 heavy (non-hydrogen) atoms. The van der Waals surface area contributed by atoms with E-state index in [1.165, 1.54) is 24.3 Å². The molecule has 2 aromatic carbocycles. The number of hydrogen-bond acceptors (Lipinski definition) is 6. The lowest BCUT2D eigenvalue weighted by atomic mass is 10.1. The second kappa shape index (κ2) is 11.7. The largest absolute Gasteiger partial charge is 0.435 e. The highest BCUT2D eigenvalue weighted by Gasteiger charge is 2.11. The van der Waals surface area contributed by atoms with Gasteiger partial charge in [0.15, 0.2) is 0 Å². The van der Waals surface area contributed by atoms with Crippen molar-refractivity contribution in [1.29, 1.82) is 0 Å². The number of rotatable bonds is 9. The Kier molecular flexibility index (Phi) is 8.45. The maximum absolute atomic E-state index is 12.3. The molecule has 1 unspecified atom stereocenters. The van der Waals surface area contributed by atoms with Crippen LogP contribution in [0.4, 0.5) is 17.6 Å². The van der Waals surface area contributed by atoms with E-state index >= 15 is 0 Å². The molecule has 0 spiro atoms. The highest BCUT2D eigenvalue weighted by Crippen LogP contribution is 2.17. The first-order valence-electron chi connectivity index (χ1n) is 9.98. The average molecular weight is 462 g/mol. The van der Waals surface area contributed by atoms with Crippen LogP contribution in [0.3, 0.4) is 0 Å². The Labute approximate surface area is 188 Å². The fraction of sp³-hybridized carbons (Fsp3) is 0.217. The first kappa shape index (κ1) is 23.8. The standard InChI is InChI=1S/C23H22F4N4O2/c1-15-14-28-23(29-15)31-30-18(8-2-16-4-10-19(11-5-16)32-21(24)25)9-3-17-6-12-20(13-7-17)33-22(26)27/h2-13,15,21-22H,14H2,1H3,(H2,28,29,31). The van der Waals surface area contributed by atoms with Crippen molar-refractivity contribution in [2.24, 2.45) is 10.1 Å². The predicted molar refractivity (Wildman–Crippen MR) is 120 cm³/mol. The van der Waals surface area contributed by atoms with Crippen LogP contribution in [-0.2, 0) is 0 Å². The van der Waals surface area contributed by atoms with E-state index < -0.39 is 13.2 Å². The molecule has 0 saturated heterocycles. The number of halogens is 4. The Bertz CT molecular complexity index is 954. The summed E-state index contributed by atoms with van der Waals surface area (Å²) in [5.41, 5.74) is 4.88. The van der Waals surface area contributed by atoms with Gasteiger partial charge in [-0.1, -0.05) is 36.4 Å². The fourth-order valence-electron chi connectivity index (χ4n) is 2.75. The van der Waals surface area contributed by atoms with Crippen molar-refractivity contribution < 1.29 is 27.0 Å². The maximum Gasteiger partial charge on any atom is 0.387 e. The van der Waals surface area contributed by atoms with E-state index in [-0.39, 0.29) is 17.5 Å². The second-order valence-corrected chi connectivity index (χ2v) is 6.94. The zero-order chi connectivity index (χ0) is 23.6. The summed E-state index contributed by atoms with van der Waals surface area (Å²) in [5, 5.41) is 7.47. The Morgan fingerprint density at radius 1 is 0.939 bits per heavy atom. The molecule has 2 aromatic rings. The molecule has 0 fully saturated rings. The van der Waals surface area contributed by atoms with Gasteiger partial charge in [-0.2, -0.15) is 22.7 Å². The van der Waals surface area contributed by atoms with Crippen molar-refractivity contribution in [3.63, 3.8) is 0 Å². The van der Waals surface area contributed by atoms with E-state index in [0.717, 1.165) is 11.1 Å². The summed E-state index contributed by atoms with van der Waals surface area (Å²) in [4.78, 5) is 4.28. The van der Waals surface area contributed by atoms with Crippen molar-refractivity contribution in [2.45, 2.75) is 26.2 Å². The summed E-state index contributed by atoms with van der Waals surface area (Å²) in [7, 11) is 0. The maximum atomic E-state index is 12.3. The molecule has 3 rings (SSSR count). The van der Waals surface area contributed by atoms with Gasteiger partial charge >= 0.3 is 13.2 Å². The highest BCUT2D eigenvalue weighted by atomic mass is 19.3. The Morgan fingerprint density at radius 2 is 1.42 bits per heavy atom. The molecule has 1 aliphatic rings. The molecular weight excluding hydrogens is 440 g/mol. The van der Waals surface area contributed by atoms with Crippen LogP contribution in [0.2, 0.25) is 0 Å². The van der Waals surface area contributed by atoms with Crippen molar-refractivity contribution in [3.05, 3.63) is 71.8 Å². The molecule has 174 valence electrons. The third kappa shape index (κ3) is 8.32. The van der Waals surface area contributed by atoms with Gasteiger partial charge < -0.3 is 14.8 Å². The number of nitrogens with one attached hydrogen (secondary N) is 2. The summed E-state index contributed by atoms with van der Waals surface area (Å²) < 4.78 is 57.9. The number of benzene rings is 2. The molecule has 6 nitrogen and oxygen atoms in total. The van der Waals surface area contributed by atoms with Crippen molar-refractivity contribution >= 4 is 23.8 Å². The zero-order valence-corrected chi connectivity index (χ0v) is 17.6. The first-order chi connectivity index (χ1) is 15.9. The quantitative estimate of drug-likeness (QED) is 0.316. The van der Waals surface area contributed by atoms with Gasteiger partial charge in [-0.3, -0.25) is 0 Å². The predicted octanol–water partition coefficient (Wildman–Crippen LogP) is 4.91. The number of nitrogens with zero attached hydrogens (tertiary/aromatic N) is 2. The van der Waals surface area contributed by atoms with Crippen LogP contribution in [0, 0.1) is 0 Å². The lowest BCUT2D eigenvalue weighted by Gasteiger charge is -2.05. The van der Waals surface area contributed by atoms with Crippen LogP contribution in [0.15, 0.2) is 70.8 Å². The van der Waals surface area contributed by atoms with Crippen LogP contribution < -0.4 is 20.2 Å². The molecule has 0 aliphatic carbocycles. The Hall–Kier alpha value is -3.82. The number of allylic oxidation sites excluding steroid dienone is 2. The minimum absolute atomic E-state index is 0.0660. The van der Waals surface area contributed by atoms with Crippen LogP contribution in [0.25, 0.3) is 12.2 Å². The Balaban J connectivity index is 1.73.